The summed E-state index contributed by atoms with van der Waals surface area (Å²) >= 11 is 0. The van der Waals surface area contributed by atoms with E-state index in [1.807, 2.05) is 79.7 Å². The second-order valence-electron chi connectivity index (χ2n) is 10.1. The number of esters is 1. The standard InChI is InChI=1S/C32H37N3O5/c1-5-39-32(38)30-23(2)35(29(36)20-27(30)25-14-10-7-11-15-25)22-26-16-17-28(40-26)31(37)34(19-18-33(3)4)21-24-12-8-6-9-13-24/h6-17,27H,5,18-22H2,1-4H3. The number of benzene rings is 2. The molecule has 2 heterocycles. The lowest BCUT2D eigenvalue weighted by Gasteiger charge is -2.34. The summed E-state index contributed by atoms with van der Waals surface area (Å²) in [5.74, 6) is -0.487. The van der Waals surface area contributed by atoms with Crippen LogP contribution in [0.3, 0.4) is 0 Å². The minimum atomic E-state index is -0.431. The van der Waals surface area contributed by atoms with Crippen molar-refractivity contribution in [2.45, 2.75) is 39.3 Å². The molecule has 0 N–H and O–H groups in total. The summed E-state index contributed by atoms with van der Waals surface area (Å²) in [5, 5.41) is 0. The first-order valence-electron chi connectivity index (χ1n) is 13.6. The predicted molar refractivity (Wildman–Crippen MR) is 152 cm³/mol. The SMILES string of the molecule is CCOC(=O)C1=C(C)N(Cc2ccc(C(=O)N(CCN(C)C)Cc3ccccc3)o2)C(=O)CC1c1ccccc1. The fourth-order valence-electron chi connectivity index (χ4n) is 4.91. The van der Waals surface area contributed by atoms with Crippen LogP contribution in [0.25, 0.3) is 0 Å². The monoisotopic (exact) mass is 543 g/mol. The van der Waals surface area contributed by atoms with Gasteiger partial charge in [0.25, 0.3) is 5.91 Å². The van der Waals surface area contributed by atoms with Crippen LogP contribution in [0.2, 0.25) is 0 Å². The number of carbonyl (C=O) groups is 3. The first-order chi connectivity index (χ1) is 19.3. The van der Waals surface area contributed by atoms with Crippen LogP contribution in [0.1, 0.15) is 53.6 Å². The normalized spacial score (nSPS) is 15.5. The molecule has 0 saturated heterocycles. The smallest absolute Gasteiger partial charge is 0.336 e. The number of ether oxygens (including phenoxy) is 1. The maximum Gasteiger partial charge on any atom is 0.336 e. The third-order valence-electron chi connectivity index (χ3n) is 7.03. The Morgan fingerprint density at radius 1 is 0.975 bits per heavy atom. The van der Waals surface area contributed by atoms with Gasteiger partial charge in [-0.1, -0.05) is 60.7 Å². The van der Waals surface area contributed by atoms with Gasteiger partial charge in [0.2, 0.25) is 5.91 Å². The molecule has 3 aromatic rings. The highest BCUT2D eigenvalue weighted by Gasteiger charge is 2.37. The Morgan fingerprint density at radius 2 is 1.65 bits per heavy atom. The van der Waals surface area contributed by atoms with Gasteiger partial charge >= 0.3 is 5.97 Å². The van der Waals surface area contributed by atoms with Crippen molar-refractivity contribution in [3.05, 3.63) is 107 Å². The molecule has 0 spiro atoms. The number of rotatable bonds is 11. The summed E-state index contributed by atoms with van der Waals surface area (Å²) in [6.45, 7) is 5.57. The number of carbonyl (C=O) groups excluding carboxylic acids is 3. The average molecular weight is 544 g/mol. The molecular formula is C32H37N3O5. The number of hydrogen-bond donors (Lipinski definition) is 0. The maximum atomic E-state index is 13.5. The van der Waals surface area contributed by atoms with Crippen LogP contribution >= 0.6 is 0 Å². The lowest BCUT2D eigenvalue weighted by molar-refractivity contribution is -0.140. The molecule has 0 radical (unpaired) electrons. The van der Waals surface area contributed by atoms with Crippen LogP contribution < -0.4 is 0 Å². The Balaban J connectivity index is 1.57. The lowest BCUT2D eigenvalue weighted by atomic mass is 9.83. The lowest BCUT2D eigenvalue weighted by Crippen LogP contribution is -2.38. The number of hydrogen-bond acceptors (Lipinski definition) is 6. The molecule has 8 heteroatoms. The summed E-state index contributed by atoms with van der Waals surface area (Å²) in [7, 11) is 3.93. The third kappa shape index (κ3) is 6.87. The first-order valence-corrected chi connectivity index (χ1v) is 13.6. The van der Waals surface area contributed by atoms with E-state index in [0.717, 1.165) is 11.1 Å². The van der Waals surface area contributed by atoms with Gasteiger partial charge in [0.05, 0.1) is 18.7 Å². The molecule has 1 aromatic heterocycles. The average Bonchev–Trinajstić information content (AvgIpc) is 3.42. The van der Waals surface area contributed by atoms with E-state index in [-0.39, 0.29) is 43.1 Å². The van der Waals surface area contributed by atoms with Gasteiger partial charge < -0.3 is 23.9 Å². The van der Waals surface area contributed by atoms with E-state index in [1.165, 1.54) is 0 Å². The highest BCUT2D eigenvalue weighted by atomic mass is 16.5. The summed E-state index contributed by atoms with van der Waals surface area (Å²) in [4.78, 5) is 45.2. The van der Waals surface area contributed by atoms with Crippen molar-refractivity contribution in [2.24, 2.45) is 0 Å². The number of nitrogens with zero attached hydrogens (tertiary/aromatic N) is 3. The van der Waals surface area contributed by atoms with Crippen molar-refractivity contribution in [3.8, 4) is 0 Å². The van der Waals surface area contributed by atoms with Crippen LogP contribution in [-0.4, -0.2) is 66.3 Å². The van der Waals surface area contributed by atoms with E-state index in [9.17, 15) is 14.4 Å². The van der Waals surface area contributed by atoms with Crippen LogP contribution in [0.15, 0.2) is 88.5 Å². The third-order valence-corrected chi connectivity index (χ3v) is 7.03. The largest absolute Gasteiger partial charge is 0.463 e. The second-order valence-corrected chi connectivity index (χ2v) is 10.1. The Labute approximate surface area is 235 Å². The van der Waals surface area contributed by atoms with Crippen molar-refractivity contribution in [3.63, 3.8) is 0 Å². The maximum absolute atomic E-state index is 13.5. The Bertz CT molecular complexity index is 1350. The first kappa shape index (κ1) is 28.8. The summed E-state index contributed by atoms with van der Waals surface area (Å²) in [6.07, 6.45) is 0.136. The zero-order valence-corrected chi connectivity index (χ0v) is 23.6. The van der Waals surface area contributed by atoms with E-state index >= 15 is 0 Å². The molecule has 210 valence electrons. The van der Waals surface area contributed by atoms with Gasteiger partial charge in [0, 0.05) is 37.7 Å². The number of allylic oxidation sites excluding steroid dienone is 1. The Hall–Kier alpha value is -4.17. The molecule has 2 amide bonds. The topological polar surface area (TPSA) is 83.3 Å². The predicted octanol–water partition coefficient (Wildman–Crippen LogP) is 4.84. The molecule has 40 heavy (non-hydrogen) atoms. The van der Waals surface area contributed by atoms with E-state index in [0.29, 0.717) is 36.7 Å². The molecule has 4 rings (SSSR count). The summed E-state index contributed by atoms with van der Waals surface area (Å²) in [6, 6.07) is 22.7. The van der Waals surface area contributed by atoms with Gasteiger partial charge in [-0.25, -0.2) is 4.79 Å². The van der Waals surface area contributed by atoms with E-state index in [1.54, 1.807) is 35.8 Å². The molecule has 2 aromatic carbocycles. The fraction of sp³-hybridized carbons (Fsp3) is 0.344. The molecule has 0 saturated carbocycles. The quantitative estimate of drug-likeness (QED) is 0.322. The van der Waals surface area contributed by atoms with E-state index in [4.69, 9.17) is 9.15 Å². The van der Waals surface area contributed by atoms with Gasteiger partial charge in [0.15, 0.2) is 5.76 Å². The van der Waals surface area contributed by atoms with Gasteiger partial charge in [-0.2, -0.15) is 0 Å². The second kappa shape index (κ2) is 13.3. The molecule has 8 nitrogen and oxygen atoms in total. The van der Waals surface area contributed by atoms with Crippen molar-refractivity contribution >= 4 is 17.8 Å². The Kier molecular flexibility index (Phi) is 9.56. The minimum Gasteiger partial charge on any atom is -0.463 e. The molecule has 1 aliphatic rings. The summed E-state index contributed by atoms with van der Waals surface area (Å²) in [5.41, 5.74) is 2.92. The summed E-state index contributed by atoms with van der Waals surface area (Å²) < 4.78 is 11.4. The van der Waals surface area contributed by atoms with Gasteiger partial charge in [0.1, 0.15) is 5.76 Å². The molecule has 0 aliphatic carbocycles. The molecular weight excluding hydrogens is 506 g/mol. The zero-order valence-electron chi connectivity index (χ0n) is 23.6. The molecule has 1 unspecified atom stereocenters. The van der Waals surface area contributed by atoms with Gasteiger partial charge in [-0.15, -0.1) is 0 Å². The van der Waals surface area contributed by atoms with Crippen molar-refractivity contribution in [1.82, 2.24) is 14.7 Å². The Morgan fingerprint density at radius 3 is 2.30 bits per heavy atom. The molecule has 1 atom stereocenters. The van der Waals surface area contributed by atoms with Crippen LogP contribution in [0, 0.1) is 0 Å². The van der Waals surface area contributed by atoms with Crippen molar-refractivity contribution in [2.75, 3.05) is 33.8 Å². The zero-order chi connectivity index (χ0) is 28.6. The highest BCUT2D eigenvalue weighted by Crippen LogP contribution is 2.37. The minimum absolute atomic E-state index is 0.110. The van der Waals surface area contributed by atoms with Crippen LogP contribution in [0.4, 0.5) is 0 Å². The van der Waals surface area contributed by atoms with Crippen LogP contribution in [-0.2, 0) is 27.4 Å². The van der Waals surface area contributed by atoms with Crippen molar-refractivity contribution in [1.29, 1.82) is 0 Å². The number of furan rings is 1. The van der Waals surface area contributed by atoms with Gasteiger partial charge in [-0.05, 0) is 51.2 Å². The molecule has 0 fully saturated rings. The number of likely N-dealkylation sites (N-methyl/N-ethyl adjacent to an activating group) is 1. The molecule has 0 bridgehead atoms. The van der Waals surface area contributed by atoms with Gasteiger partial charge in [-0.3, -0.25) is 9.59 Å². The van der Waals surface area contributed by atoms with E-state index in [2.05, 4.69) is 0 Å². The highest BCUT2D eigenvalue weighted by molar-refractivity contribution is 5.96. The van der Waals surface area contributed by atoms with Crippen molar-refractivity contribution < 1.29 is 23.5 Å². The fourth-order valence-corrected chi connectivity index (χ4v) is 4.91. The molecule has 1 aliphatic heterocycles. The van der Waals surface area contributed by atoms with E-state index < -0.39 is 5.97 Å². The number of amides is 2. The van der Waals surface area contributed by atoms with Crippen LogP contribution in [0.5, 0.6) is 0 Å².